The SMILES string of the molecule is Oc1ccc(C(CCNCC2COc3ccccc3O2)c2ccccc2)cc1. The zero-order valence-electron chi connectivity index (χ0n) is 15.8. The normalized spacial score (nSPS) is 16.5. The summed E-state index contributed by atoms with van der Waals surface area (Å²) in [7, 11) is 0. The van der Waals surface area contributed by atoms with E-state index in [2.05, 4.69) is 29.6 Å². The standard InChI is InChI=1S/C24H25NO3/c26-20-12-10-19(11-13-20)22(18-6-2-1-3-7-18)14-15-25-16-21-17-27-23-8-4-5-9-24(23)28-21/h1-13,21-22,25-26H,14-17H2. The number of ether oxygens (including phenoxy) is 2. The molecule has 144 valence electrons. The number of nitrogens with one attached hydrogen (secondary N) is 1. The molecule has 0 radical (unpaired) electrons. The second kappa shape index (κ2) is 8.81. The molecular formula is C24H25NO3. The lowest BCUT2D eigenvalue weighted by Gasteiger charge is -2.27. The second-order valence-electron chi connectivity index (χ2n) is 7.05. The van der Waals surface area contributed by atoms with Crippen molar-refractivity contribution >= 4 is 0 Å². The molecule has 0 bridgehead atoms. The van der Waals surface area contributed by atoms with Gasteiger partial charge < -0.3 is 19.9 Å². The summed E-state index contributed by atoms with van der Waals surface area (Å²) in [5, 5.41) is 13.1. The van der Waals surface area contributed by atoms with E-state index >= 15 is 0 Å². The lowest BCUT2D eigenvalue weighted by atomic mass is 9.88. The Morgan fingerprint density at radius 2 is 1.54 bits per heavy atom. The summed E-state index contributed by atoms with van der Waals surface area (Å²) in [6, 6.07) is 25.8. The number of para-hydroxylation sites is 2. The lowest BCUT2D eigenvalue weighted by molar-refractivity contribution is 0.0904. The van der Waals surface area contributed by atoms with Crippen molar-refractivity contribution in [3.05, 3.63) is 90.0 Å². The van der Waals surface area contributed by atoms with E-state index in [0.29, 0.717) is 12.4 Å². The smallest absolute Gasteiger partial charge is 0.161 e. The van der Waals surface area contributed by atoms with E-state index in [9.17, 15) is 5.11 Å². The summed E-state index contributed by atoms with van der Waals surface area (Å²) in [5.41, 5.74) is 2.48. The number of phenols is 1. The van der Waals surface area contributed by atoms with Crippen molar-refractivity contribution in [2.45, 2.75) is 18.4 Å². The molecule has 0 fully saturated rings. The van der Waals surface area contributed by atoms with Crippen LogP contribution >= 0.6 is 0 Å². The van der Waals surface area contributed by atoms with Crippen LogP contribution in [-0.2, 0) is 0 Å². The minimum absolute atomic E-state index is 0.0127. The first kappa shape index (κ1) is 18.4. The molecular weight excluding hydrogens is 350 g/mol. The van der Waals surface area contributed by atoms with Gasteiger partial charge in [-0.1, -0.05) is 54.6 Å². The fourth-order valence-corrected chi connectivity index (χ4v) is 3.59. The minimum Gasteiger partial charge on any atom is -0.508 e. The Hall–Kier alpha value is -2.98. The molecule has 4 heteroatoms. The van der Waals surface area contributed by atoms with E-state index in [1.165, 1.54) is 11.1 Å². The predicted molar refractivity (Wildman–Crippen MR) is 110 cm³/mol. The topological polar surface area (TPSA) is 50.7 Å². The van der Waals surface area contributed by atoms with Gasteiger partial charge in [-0.05, 0) is 48.4 Å². The summed E-state index contributed by atoms with van der Waals surface area (Å²) in [6.07, 6.45) is 0.970. The molecule has 4 nitrogen and oxygen atoms in total. The first-order valence-electron chi connectivity index (χ1n) is 9.72. The molecule has 1 aliphatic rings. The number of hydrogen-bond acceptors (Lipinski definition) is 4. The number of fused-ring (bicyclic) bond motifs is 1. The van der Waals surface area contributed by atoms with Crippen molar-refractivity contribution in [3.8, 4) is 17.2 Å². The van der Waals surface area contributed by atoms with Crippen LogP contribution < -0.4 is 14.8 Å². The maximum atomic E-state index is 9.60. The Balaban J connectivity index is 1.34. The van der Waals surface area contributed by atoms with E-state index in [4.69, 9.17) is 9.47 Å². The molecule has 2 unspecified atom stereocenters. The Morgan fingerprint density at radius 1 is 0.857 bits per heavy atom. The van der Waals surface area contributed by atoms with E-state index < -0.39 is 0 Å². The number of rotatable bonds is 7. The maximum absolute atomic E-state index is 9.60. The van der Waals surface area contributed by atoms with E-state index in [1.807, 2.05) is 42.5 Å². The van der Waals surface area contributed by atoms with E-state index in [1.54, 1.807) is 12.1 Å². The quantitative estimate of drug-likeness (QED) is 0.603. The van der Waals surface area contributed by atoms with Crippen molar-refractivity contribution in [1.82, 2.24) is 5.32 Å². The van der Waals surface area contributed by atoms with Gasteiger partial charge in [0.25, 0.3) is 0 Å². The molecule has 0 saturated carbocycles. The van der Waals surface area contributed by atoms with E-state index in [-0.39, 0.29) is 12.0 Å². The van der Waals surface area contributed by atoms with Gasteiger partial charge in [-0.2, -0.15) is 0 Å². The molecule has 28 heavy (non-hydrogen) atoms. The minimum atomic E-state index is 0.0127. The van der Waals surface area contributed by atoms with Gasteiger partial charge in [-0.25, -0.2) is 0 Å². The van der Waals surface area contributed by atoms with Crippen LogP contribution in [0.3, 0.4) is 0 Å². The van der Waals surface area contributed by atoms with Gasteiger partial charge in [0.2, 0.25) is 0 Å². The third kappa shape index (κ3) is 4.46. The molecule has 0 saturated heterocycles. The second-order valence-corrected chi connectivity index (χ2v) is 7.05. The maximum Gasteiger partial charge on any atom is 0.161 e. The number of phenolic OH excluding ortho intramolecular Hbond substituents is 1. The fraction of sp³-hybridized carbons (Fsp3) is 0.250. The average molecular weight is 375 g/mol. The molecule has 0 aromatic heterocycles. The number of benzene rings is 3. The van der Waals surface area contributed by atoms with Crippen molar-refractivity contribution < 1.29 is 14.6 Å². The Morgan fingerprint density at radius 3 is 2.32 bits per heavy atom. The third-order valence-corrected chi connectivity index (χ3v) is 5.05. The summed E-state index contributed by atoms with van der Waals surface area (Å²) in [5.74, 6) is 2.20. The molecule has 0 spiro atoms. The van der Waals surface area contributed by atoms with Gasteiger partial charge in [-0.3, -0.25) is 0 Å². The van der Waals surface area contributed by atoms with Crippen LogP contribution in [0.4, 0.5) is 0 Å². The zero-order valence-corrected chi connectivity index (χ0v) is 15.8. The molecule has 0 amide bonds. The largest absolute Gasteiger partial charge is 0.508 e. The molecule has 2 atom stereocenters. The molecule has 3 aromatic carbocycles. The molecule has 1 heterocycles. The predicted octanol–water partition coefficient (Wildman–Crippen LogP) is 4.34. The van der Waals surface area contributed by atoms with Crippen molar-refractivity contribution in [2.24, 2.45) is 0 Å². The van der Waals surface area contributed by atoms with Crippen molar-refractivity contribution in [3.63, 3.8) is 0 Å². The van der Waals surface area contributed by atoms with Crippen LogP contribution in [0.1, 0.15) is 23.5 Å². The average Bonchev–Trinajstić information content (AvgIpc) is 2.75. The van der Waals surface area contributed by atoms with Crippen LogP contribution in [0, 0.1) is 0 Å². The first-order valence-corrected chi connectivity index (χ1v) is 9.72. The molecule has 3 aromatic rings. The van der Waals surface area contributed by atoms with Crippen LogP contribution in [0.25, 0.3) is 0 Å². The van der Waals surface area contributed by atoms with Crippen LogP contribution in [-0.4, -0.2) is 30.9 Å². The van der Waals surface area contributed by atoms with Crippen molar-refractivity contribution in [1.29, 1.82) is 0 Å². The molecule has 1 aliphatic heterocycles. The van der Waals surface area contributed by atoms with Crippen molar-refractivity contribution in [2.75, 3.05) is 19.7 Å². The van der Waals surface area contributed by atoms with Gasteiger partial charge >= 0.3 is 0 Å². The summed E-state index contributed by atoms with van der Waals surface area (Å²) in [6.45, 7) is 2.16. The molecule has 2 N–H and O–H groups in total. The molecule has 0 aliphatic carbocycles. The highest BCUT2D eigenvalue weighted by atomic mass is 16.6. The molecule has 4 rings (SSSR count). The van der Waals surface area contributed by atoms with E-state index in [0.717, 1.165) is 31.0 Å². The fourth-order valence-electron chi connectivity index (χ4n) is 3.59. The van der Waals surface area contributed by atoms with Gasteiger partial charge in [0.1, 0.15) is 18.5 Å². The van der Waals surface area contributed by atoms with Gasteiger partial charge in [0, 0.05) is 12.5 Å². The monoisotopic (exact) mass is 375 g/mol. The van der Waals surface area contributed by atoms with Crippen LogP contribution in [0.2, 0.25) is 0 Å². The summed E-state index contributed by atoms with van der Waals surface area (Å²) >= 11 is 0. The summed E-state index contributed by atoms with van der Waals surface area (Å²) in [4.78, 5) is 0. The highest BCUT2D eigenvalue weighted by Gasteiger charge is 2.20. The van der Waals surface area contributed by atoms with Crippen LogP contribution in [0.5, 0.6) is 17.2 Å². The summed E-state index contributed by atoms with van der Waals surface area (Å²) < 4.78 is 11.8. The van der Waals surface area contributed by atoms with Crippen LogP contribution in [0.15, 0.2) is 78.9 Å². The lowest BCUT2D eigenvalue weighted by Crippen LogP contribution is -2.39. The number of aromatic hydroxyl groups is 1. The van der Waals surface area contributed by atoms with Gasteiger partial charge in [-0.15, -0.1) is 0 Å². The van der Waals surface area contributed by atoms with Gasteiger partial charge in [0.05, 0.1) is 0 Å². The Kier molecular flexibility index (Phi) is 5.78. The third-order valence-electron chi connectivity index (χ3n) is 5.05. The van der Waals surface area contributed by atoms with Gasteiger partial charge in [0.15, 0.2) is 11.5 Å². The Labute approximate surface area is 165 Å². The highest BCUT2D eigenvalue weighted by molar-refractivity contribution is 5.40. The number of hydrogen-bond donors (Lipinski definition) is 2. The first-order chi connectivity index (χ1) is 13.8. The highest BCUT2D eigenvalue weighted by Crippen LogP contribution is 2.31. The Bertz CT molecular complexity index is 880. The zero-order chi connectivity index (χ0) is 19.2.